The van der Waals surface area contributed by atoms with Crippen molar-refractivity contribution in [3.8, 4) is 0 Å². The normalized spacial score (nSPS) is 11.2. The summed E-state index contributed by atoms with van der Waals surface area (Å²) in [5, 5.41) is 10.1. The maximum absolute atomic E-state index is 12.6. The first kappa shape index (κ1) is 17.0. The summed E-state index contributed by atoms with van der Waals surface area (Å²) in [6.07, 6.45) is 3.29. The fourth-order valence-corrected chi connectivity index (χ4v) is 3.09. The second-order valence-electron chi connectivity index (χ2n) is 6.46. The van der Waals surface area contributed by atoms with Gasteiger partial charge in [0.25, 0.3) is 5.91 Å². The molecular weight excluding hydrogens is 314 g/mol. The molecule has 1 aromatic carbocycles. The van der Waals surface area contributed by atoms with Gasteiger partial charge < -0.3 is 0 Å². The highest BCUT2D eigenvalue weighted by Gasteiger charge is 2.23. The number of aromatic nitrogens is 4. The van der Waals surface area contributed by atoms with Gasteiger partial charge in [0.05, 0.1) is 17.8 Å². The van der Waals surface area contributed by atoms with Crippen LogP contribution in [0.4, 0.5) is 5.82 Å². The number of carbonyl (C=O) groups is 1. The third-order valence-electron chi connectivity index (χ3n) is 4.25. The molecule has 0 N–H and O–H groups in total. The lowest BCUT2D eigenvalue weighted by molar-refractivity contribution is -0.114. The van der Waals surface area contributed by atoms with Crippen LogP contribution in [-0.2, 0) is 25.4 Å². The topological polar surface area (TPSA) is 56.0 Å². The van der Waals surface area contributed by atoms with Crippen LogP contribution in [0.25, 0.3) is 10.9 Å². The van der Waals surface area contributed by atoms with E-state index in [2.05, 4.69) is 30.6 Å². The van der Waals surface area contributed by atoms with Gasteiger partial charge in [-0.25, -0.2) is 0 Å². The van der Waals surface area contributed by atoms with Gasteiger partial charge in [-0.05, 0) is 24.1 Å². The molecule has 3 aromatic rings. The van der Waals surface area contributed by atoms with E-state index in [1.165, 1.54) is 6.08 Å². The van der Waals surface area contributed by atoms with E-state index in [1.54, 1.807) is 14.3 Å². The smallest absolute Gasteiger partial charge is 0.251 e. The number of carbonyl (C=O) groups excluding carboxylic acids is 1. The summed E-state index contributed by atoms with van der Waals surface area (Å²) < 4.78 is 3.58. The molecule has 0 spiro atoms. The number of anilines is 1. The predicted molar refractivity (Wildman–Crippen MR) is 99.4 cm³/mol. The molecule has 6 nitrogen and oxygen atoms in total. The molecule has 0 atom stereocenters. The number of benzene rings is 1. The van der Waals surface area contributed by atoms with Crippen LogP contribution >= 0.6 is 0 Å². The van der Waals surface area contributed by atoms with Crippen molar-refractivity contribution >= 4 is 22.6 Å². The lowest BCUT2D eigenvalue weighted by atomic mass is 10.1. The van der Waals surface area contributed by atoms with Gasteiger partial charge in [-0.3, -0.25) is 19.1 Å². The fraction of sp³-hybridized carbons (Fsp3) is 0.316. The fourth-order valence-electron chi connectivity index (χ4n) is 3.09. The Labute approximate surface area is 147 Å². The zero-order chi connectivity index (χ0) is 18.1. The molecule has 0 saturated heterocycles. The number of amides is 1. The highest BCUT2D eigenvalue weighted by molar-refractivity contribution is 6.06. The van der Waals surface area contributed by atoms with E-state index in [-0.39, 0.29) is 11.8 Å². The number of para-hydroxylation sites is 1. The van der Waals surface area contributed by atoms with Crippen LogP contribution in [0.5, 0.6) is 0 Å². The van der Waals surface area contributed by atoms with Crippen LogP contribution in [0.1, 0.15) is 31.0 Å². The molecule has 3 rings (SSSR count). The van der Waals surface area contributed by atoms with Crippen LogP contribution < -0.4 is 4.90 Å². The van der Waals surface area contributed by atoms with E-state index in [4.69, 9.17) is 0 Å². The molecule has 2 aromatic heterocycles. The second-order valence-corrected chi connectivity index (χ2v) is 6.46. The lowest BCUT2D eigenvalue weighted by Gasteiger charge is -2.19. The highest BCUT2D eigenvalue weighted by Crippen LogP contribution is 2.28. The van der Waals surface area contributed by atoms with Crippen molar-refractivity contribution in [1.29, 1.82) is 0 Å². The van der Waals surface area contributed by atoms with E-state index >= 15 is 0 Å². The van der Waals surface area contributed by atoms with Crippen LogP contribution in [0.15, 0.2) is 43.1 Å². The van der Waals surface area contributed by atoms with Crippen LogP contribution in [0.3, 0.4) is 0 Å². The predicted octanol–water partition coefficient (Wildman–Crippen LogP) is 3.15. The van der Waals surface area contributed by atoms with Crippen molar-refractivity contribution in [2.45, 2.75) is 26.3 Å². The molecule has 0 aliphatic rings. The molecule has 2 heterocycles. The zero-order valence-corrected chi connectivity index (χ0v) is 15.1. The molecule has 0 bridgehead atoms. The van der Waals surface area contributed by atoms with Gasteiger partial charge in [0, 0.05) is 31.2 Å². The number of hydrogen-bond acceptors (Lipinski definition) is 3. The van der Waals surface area contributed by atoms with Gasteiger partial charge in [0.15, 0.2) is 5.82 Å². The maximum atomic E-state index is 12.6. The SMILES string of the molecule is C=CC(=O)N(Cc1cn(C)nc1C(C)C)c1nn(C)c2ccccc12. The first-order valence-corrected chi connectivity index (χ1v) is 8.30. The molecular formula is C19H23N5O. The molecule has 0 radical (unpaired) electrons. The van der Waals surface area contributed by atoms with Crippen LogP contribution in [0.2, 0.25) is 0 Å². The molecule has 25 heavy (non-hydrogen) atoms. The molecule has 0 unspecified atom stereocenters. The Bertz CT molecular complexity index is 935. The van der Waals surface area contributed by atoms with Gasteiger partial charge in [0.2, 0.25) is 0 Å². The quantitative estimate of drug-likeness (QED) is 0.672. The highest BCUT2D eigenvalue weighted by atomic mass is 16.2. The Hall–Kier alpha value is -2.89. The zero-order valence-electron chi connectivity index (χ0n) is 15.1. The summed E-state index contributed by atoms with van der Waals surface area (Å²) in [5.41, 5.74) is 2.99. The Morgan fingerprint density at radius 2 is 2.00 bits per heavy atom. The first-order chi connectivity index (χ1) is 11.9. The van der Waals surface area contributed by atoms with Gasteiger partial charge in [0.1, 0.15) is 0 Å². The molecule has 130 valence electrons. The van der Waals surface area contributed by atoms with E-state index < -0.39 is 0 Å². The summed E-state index contributed by atoms with van der Waals surface area (Å²) in [7, 11) is 3.78. The average Bonchev–Trinajstić information content (AvgIpc) is 3.13. The summed E-state index contributed by atoms with van der Waals surface area (Å²) in [6.45, 7) is 8.26. The summed E-state index contributed by atoms with van der Waals surface area (Å²) in [5.74, 6) is 0.737. The molecule has 0 fully saturated rings. The largest absolute Gasteiger partial charge is 0.287 e. The number of aryl methyl sites for hydroxylation is 2. The monoisotopic (exact) mass is 337 g/mol. The third-order valence-corrected chi connectivity index (χ3v) is 4.25. The van der Waals surface area contributed by atoms with Crippen LogP contribution in [-0.4, -0.2) is 25.5 Å². The van der Waals surface area contributed by atoms with E-state index in [9.17, 15) is 4.79 Å². The molecule has 1 amide bonds. The average molecular weight is 337 g/mol. The molecule has 6 heteroatoms. The standard InChI is InChI=1S/C19H23N5O/c1-6-17(25)24(12-14-11-22(4)20-18(14)13(2)3)19-15-9-7-8-10-16(15)23(5)21-19/h6-11,13H,1,12H2,2-5H3. The lowest BCUT2D eigenvalue weighted by Crippen LogP contribution is -2.29. The molecule has 0 saturated carbocycles. The van der Waals surface area contributed by atoms with Gasteiger partial charge in [-0.1, -0.05) is 32.6 Å². The molecule has 0 aliphatic carbocycles. The Balaban J connectivity index is 2.10. The summed E-state index contributed by atoms with van der Waals surface area (Å²) in [4.78, 5) is 14.3. The summed E-state index contributed by atoms with van der Waals surface area (Å²) >= 11 is 0. The van der Waals surface area contributed by atoms with E-state index in [0.717, 1.165) is 22.2 Å². The third kappa shape index (κ3) is 3.07. The second kappa shape index (κ2) is 6.55. The number of hydrogen-bond donors (Lipinski definition) is 0. The Morgan fingerprint density at radius 1 is 1.28 bits per heavy atom. The van der Waals surface area contributed by atoms with Gasteiger partial charge in [-0.15, -0.1) is 0 Å². The number of fused-ring (bicyclic) bond motifs is 1. The Morgan fingerprint density at radius 3 is 2.68 bits per heavy atom. The Kier molecular flexibility index (Phi) is 4.44. The van der Waals surface area contributed by atoms with Crippen LogP contribution in [0, 0.1) is 0 Å². The number of rotatable bonds is 5. The van der Waals surface area contributed by atoms with E-state index in [1.807, 2.05) is 44.6 Å². The van der Waals surface area contributed by atoms with Crippen molar-refractivity contribution in [2.75, 3.05) is 4.90 Å². The number of nitrogens with zero attached hydrogens (tertiary/aromatic N) is 5. The minimum Gasteiger partial charge on any atom is -0.287 e. The van der Waals surface area contributed by atoms with Crippen molar-refractivity contribution in [3.63, 3.8) is 0 Å². The van der Waals surface area contributed by atoms with Crippen molar-refractivity contribution in [3.05, 3.63) is 54.4 Å². The van der Waals surface area contributed by atoms with Crippen molar-refractivity contribution in [1.82, 2.24) is 19.6 Å². The maximum Gasteiger partial charge on any atom is 0.251 e. The minimum absolute atomic E-state index is 0.178. The first-order valence-electron chi connectivity index (χ1n) is 8.30. The molecule has 0 aliphatic heterocycles. The van der Waals surface area contributed by atoms with Gasteiger partial charge in [-0.2, -0.15) is 10.2 Å². The van der Waals surface area contributed by atoms with E-state index in [0.29, 0.717) is 12.4 Å². The van der Waals surface area contributed by atoms with Crippen molar-refractivity contribution < 1.29 is 4.79 Å². The minimum atomic E-state index is -0.178. The summed E-state index contributed by atoms with van der Waals surface area (Å²) in [6, 6.07) is 7.89. The van der Waals surface area contributed by atoms with Crippen molar-refractivity contribution in [2.24, 2.45) is 14.1 Å². The van der Waals surface area contributed by atoms with Gasteiger partial charge >= 0.3 is 0 Å².